The van der Waals surface area contributed by atoms with Crippen molar-refractivity contribution in [2.24, 2.45) is 0 Å². The number of aromatic nitrogens is 4. The van der Waals surface area contributed by atoms with E-state index in [2.05, 4.69) is 15.5 Å². The number of nitrogens with one attached hydrogen (secondary N) is 1. The van der Waals surface area contributed by atoms with Crippen LogP contribution in [0.25, 0.3) is 10.9 Å². The fourth-order valence-electron chi connectivity index (χ4n) is 3.66. The minimum atomic E-state index is -0.324. The third-order valence-corrected chi connectivity index (χ3v) is 5.07. The number of amides is 2. The van der Waals surface area contributed by atoms with Gasteiger partial charge in [-0.3, -0.25) is 9.59 Å². The quantitative estimate of drug-likeness (QED) is 0.692. The summed E-state index contributed by atoms with van der Waals surface area (Å²) in [7, 11) is 0. The van der Waals surface area contributed by atoms with Crippen molar-refractivity contribution in [3.05, 3.63) is 48.9 Å². The van der Waals surface area contributed by atoms with E-state index in [0.717, 1.165) is 18.2 Å². The predicted molar refractivity (Wildman–Crippen MR) is 99.7 cm³/mol. The molecule has 0 radical (unpaired) electrons. The summed E-state index contributed by atoms with van der Waals surface area (Å²) in [6.45, 7) is 1.37. The van der Waals surface area contributed by atoms with Crippen LogP contribution in [0.3, 0.4) is 0 Å². The smallest absolute Gasteiger partial charge is 0.242 e. The summed E-state index contributed by atoms with van der Waals surface area (Å²) >= 11 is 0. The third kappa shape index (κ3) is 3.88. The maximum atomic E-state index is 13.5. The molecule has 0 spiro atoms. The second kappa shape index (κ2) is 7.79. The van der Waals surface area contributed by atoms with Crippen molar-refractivity contribution < 1.29 is 14.0 Å². The minimum absolute atomic E-state index is 0.0303. The number of fused-ring (bicyclic) bond motifs is 1. The summed E-state index contributed by atoms with van der Waals surface area (Å²) in [6, 6.07) is 6.39. The highest BCUT2D eigenvalue weighted by Crippen LogP contribution is 2.20. The molecule has 1 aromatic carbocycles. The zero-order chi connectivity index (χ0) is 19.5. The first-order valence-electron chi connectivity index (χ1n) is 9.23. The van der Waals surface area contributed by atoms with Gasteiger partial charge in [-0.15, -0.1) is 10.2 Å². The van der Waals surface area contributed by atoms with Gasteiger partial charge in [0.1, 0.15) is 31.6 Å². The SMILES string of the molecule is O=C(Cn1cnnc1)NC[C@H]1CCCN1C(=O)Cn1ccc2ccc(F)cc21. The second-order valence-corrected chi connectivity index (χ2v) is 6.97. The number of benzene rings is 1. The minimum Gasteiger partial charge on any atom is -0.352 e. The lowest BCUT2D eigenvalue weighted by Gasteiger charge is -2.25. The van der Waals surface area contributed by atoms with Gasteiger partial charge in [-0.05, 0) is 42.5 Å². The van der Waals surface area contributed by atoms with Gasteiger partial charge in [-0.2, -0.15) is 0 Å². The number of carbonyl (C=O) groups is 2. The fraction of sp³-hybridized carbons (Fsp3) is 0.368. The summed E-state index contributed by atoms with van der Waals surface area (Å²) in [4.78, 5) is 26.7. The van der Waals surface area contributed by atoms with Crippen molar-refractivity contribution in [1.82, 2.24) is 29.5 Å². The van der Waals surface area contributed by atoms with Crippen LogP contribution in [0, 0.1) is 5.82 Å². The molecule has 0 aliphatic carbocycles. The molecule has 1 atom stereocenters. The molecule has 3 aromatic rings. The highest BCUT2D eigenvalue weighted by atomic mass is 19.1. The first kappa shape index (κ1) is 18.1. The topological polar surface area (TPSA) is 85.1 Å². The van der Waals surface area contributed by atoms with Gasteiger partial charge in [0.05, 0.1) is 5.52 Å². The van der Waals surface area contributed by atoms with Crippen molar-refractivity contribution in [2.45, 2.75) is 32.0 Å². The molecule has 2 amide bonds. The third-order valence-electron chi connectivity index (χ3n) is 5.07. The second-order valence-electron chi connectivity index (χ2n) is 6.97. The van der Waals surface area contributed by atoms with E-state index >= 15 is 0 Å². The van der Waals surface area contributed by atoms with Gasteiger partial charge >= 0.3 is 0 Å². The summed E-state index contributed by atoms with van der Waals surface area (Å²) < 4.78 is 16.9. The maximum Gasteiger partial charge on any atom is 0.242 e. The fourth-order valence-corrected chi connectivity index (χ4v) is 3.66. The Morgan fingerprint density at radius 3 is 2.82 bits per heavy atom. The van der Waals surface area contributed by atoms with Crippen LogP contribution in [-0.2, 0) is 22.7 Å². The molecule has 4 rings (SSSR count). The van der Waals surface area contributed by atoms with E-state index in [1.165, 1.54) is 24.8 Å². The number of likely N-dealkylation sites (tertiary alicyclic amines) is 1. The van der Waals surface area contributed by atoms with Gasteiger partial charge < -0.3 is 19.4 Å². The first-order chi connectivity index (χ1) is 13.6. The molecule has 1 N–H and O–H groups in total. The Kier molecular flexibility index (Phi) is 5.05. The van der Waals surface area contributed by atoms with Gasteiger partial charge in [0, 0.05) is 25.3 Å². The Bertz CT molecular complexity index is 984. The molecule has 1 saturated heterocycles. The summed E-state index contributed by atoms with van der Waals surface area (Å²) in [6.07, 6.45) is 6.51. The lowest BCUT2D eigenvalue weighted by molar-refractivity contribution is -0.133. The van der Waals surface area contributed by atoms with Gasteiger partial charge in [-0.1, -0.05) is 0 Å². The summed E-state index contributed by atoms with van der Waals surface area (Å²) in [5.41, 5.74) is 0.700. The van der Waals surface area contributed by atoms with Crippen LogP contribution >= 0.6 is 0 Å². The van der Waals surface area contributed by atoms with E-state index in [9.17, 15) is 14.0 Å². The lowest BCUT2D eigenvalue weighted by atomic mass is 10.2. The molecule has 1 aliphatic heterocycles. The molecule has 0 bridgehead atoms. The number of rotatable bonds is 6. The van der Waals surface area contributed by atoms with Crippen LogP contribution in [0.5, 0.6) is 0 Å². The lowest BCUT2D eigenvalue weighted by Crippen LogP contribution is -2.44. The van der Waals surface area contributed by atoms with Gasteiger partial charge in [0.15, 0.2) is 0 Å². The molecule has 0 unspecified atom stereocenters. The van der Waals surface area contributed by atoms with Gasteiger partial charge in [-0.25, -0.2) is 4.39 Å². The van der Waals surface area contributed by atoms with Crippen LogP contribution in [0.4, 0.5) is 4.39 Å². The zero-order valence-electron chi connectivity index (χ0n) is 15.3. The van der Waals surface area contributed by atoms with Crippen LogP contribution in [0.2, 0.25) is 0 Å². The van der Waals surface area contributed by atoms with E-state index in [-0.39, 0.29) is 36.8 Å². The highest BCUT2D eigenvalue weighted by molar-refractivity contribution is 5.83. The summed E-state index contributed by atoms with van der Waals surface area (Å²) in [5.74, 6) is -0.502. The van der Waals surface area contributed by atoms with Crippen molar-refractivity contribution in [1.29, 1.82) is 0 Å². The molecule has 8 nitrogen and oxygen atoms in total. The average molecular weight is 384 g/mol. The molecule has 2 aromatic heterocycles. The van der Waals surface area contributed by atoms with Gasteiger partial charge in [0.25, 0.3) is 0 Å². The monoisotopic (exact) mass is 384 g/mol. The van der Waals surface area contributed by atoms with Crippen LogP contribution in [0.1, 0.15) is 12.8 Å². The first-order valence-corrected chi connectivity index (χ1v) is 9.23. The van der Waals surface area contributed by atoms with E-state index in [4.69, 9.17) is 0 Å². The number of halogens is 1. The van der Waals surface area contributed by atoms with Crippen molar-refractivity contribution in [3.63, 3.8) is 0 Å². The molecular formula is C19H21FN6O2. The van der Waals surface area contributed by atoms with E-state index < -0.39 is 0 Å². The Morgan fingerprint density at radius 2 is 2.00 bits per heavy atom. The molecule has 1 fully saturated rings. The van der Waals surface area contributed by atoms with E-state index in [0.29, 0.717) is 18.6 Å². The molecule has 9 heteroatoms. The van der Waals surface area contributed by atoms with E-state index in [1.807, 2.05) is 11.0 Å². The van der Waals surface area contributed by atoms with Crippen molar-refractivity contribution in [3.8, 4) is 0 Å². The normalized spacial score (nSPS) is 16.6. The Labute approximate surface area is 160 Å². The largest absolute Gasteiger partial charge is 0.352 e. The van der Waals surface area contributed by atoms with Gasteiger partial charge in [0.2, 0.25) is 11.8 Å². The Morgan fingerprint density at radius 1 is 1.18 bits per heavy atom. The molecule has 3 heterocycles. The van der Waals surface area contributed by atoms with Crippen molar-refractivity contribution in [2.75, 3.05) is 13.1 Å². The standard InChI is InChI=1S/C19H21FN6O2/c20-15-4-3-14-5-7-25(17(14)8-15)11-19(28)26-6-1-2-16(26)9-21-18(27)10-24-12-22-23-13-24/h3-5,7-8,12-13,16H,1-2,6,9-11H2,(H,21,27)/t16-/m1/s1. The molecule has 146 valence electrons. The number of hydrogen-bond donors (Lipinski definition) is 1. The zero-order valence-corrected chi connectivity index (χ0v) is 15.3. The predicted octanol–water partition coefficient (Wildman–Crippen LogP) is 1.18. The Hall–Kier alpha value is -3.23. The molecule has 0 saturated carbocycles. The molecular weight excluding hydrogens is 363 g/mol. The number of hydrogen-bond acceptors (Lipinski definition) is 4. The summed E-state index contributed by atoms with van der Waals surface area (Å²) in [5, 5.41) is 11.1. The van der Waals surface area contributed by atoms with Crippen LogP contribution < -0.4 is 5.32 Å². The van der Waals surface area contributed by atoms with Crippen LogP contribution in [0.15, 0.2) is 43.1 Å². The molecule has 28 heavy (non-hydrogen) atoms. The van der Waals surface area contributed by atoms with Crippen LogP contribution in [-0.4, -0.2) is 55.2 Å². The number of nitrogens with zero attached hydrogens (tertiary/aromatic N) is 5. The van der Waals surface area contributed by atoms with Crippen molar-refractivity contribution >= 4 is 22.7 Å². The average Bonchev–Trinajstić information content (AvgIpc) is 3.41. The Balaban J connectivity index is 1.36. The highest BCUT2D eigenvalue weighted by Gasteiger charge is 2.29. The maximum absolute atomic E-state index is 13.5. The number of carbonyl (C=O) groups excluding carboxylic acids is 2. The van der Waals surface area contributed by atoms with E-state index in [1.54, 1.807) is 21.4 Å². The molecule has 1 aliphatic rings.